The number of carbonyl (C=O) groups is 1. The van der Waals surface area contributed by atoms with Crippen LogP contribution in [0, 0.1) is 0 Å². The Labute approximate surface area is 154 Å². The molecule has 0 saturated heterocycles. The van der Waals surface area contributed by atoms with Crippen molar-refractivity contribution in [2.45, 2.75) is 32.4 Å². The summed E-state index contributed by atoms with van der Waals surface area (Å²) in [7, 11) is 0. The molecule has 2 aromatic carbocycles. The molecular formula is C21H18F3NO2. The van der Waals surface area contributed by atoms with Crippen molar-refractivity contribution in [3.63, 3.8) is 0 Å². The quantitative estimate of drug-likeness (QED) is 0.607. The second kappa shape index (κ2) is 6.37. The molecule has 0 aliphatic heterocycles. The first-order valence-corrected chi connectivity index (χ1v) is 8.33. The standard InChI is InChI=1S/C21H18F3NO2/c1-20(2,3)13-7-8-17-15(10-13)16(19(26)27)11-18(25-17)12-5-4-6-14(9-12)21(22,23)24/h4-11H,1-3H3,(H,26,27). The SMILES string of the molecule is CC(C)(C)c1ccc2nc(-c3cccc(C(F)(F)F)c3)cc(C(=O)O)c2c1. The normalized spacial score (nSPS) is 12.4. The molecule has 140 valence electrons. The number of rotatable bonds is 2. The summed E-state index contributed by atoms with van der Waals surface area (Å²) in [5.74, 6) is -1.15. The zero-order chi connectivity index (χ0) is 20.0. The van der Waals surface area contributed by atoms with Gasteiger partial charge in [0, 0.05) is 10.9 Å². The predicted molar refractivity (Wildman–Crippen MR) is 97.8 cm³/mol. The summed E-state index contributed by atoms with van der Waals surface area (Å²) >= 11 is 0. The lowest BCUT2D eigenvalue weighted by Gasteiger charge is -2.20. The summed E-state index contributed by atoms with van der Waals surface area (Å²) in [4.78, 5) is 16.2. The van der Waals surface area contributed by atoms with E-state index in [-0.39, 0.29) is 22.2 Å². The van der Waals surface area contributed by atoms with Crippen molar-refractivity contribution in [1.82, 2.24) is 4.98 Å². The van der Waals surface area contributed by atoms with Crippen LogP contribution in [0.5, 0.6) is 0 Å². The highest BCUT2D eigenvalue weighted by Gasteiger charge is 2.30. The third kappa shape index (κ3) is 3.79. The number of carboxylic acid groups (broad SMARTS) is 1. The van der Waals surface area contributed by atoms with Gasteiger partial charge in [-0.2, -0.15) is 13.2 Å². The lowest BCUT2D eigenvalue weighted by Crippen LogP contribution is -2.11. The van der Waals surface area contributed by atoms with E-state index < -0.39 is 17.7 Å². The largest absolute Gasteiger partial charge is 0.478 e. The molecule has 0 fully saturated rings. The van der Waals surface area contributed by atoms with E-state index >= 15 is 0 Å². The average Bonchev–Trinajstić information content (AvgIpc) is 2.58. The molecule has 3 rings (SSSR count). The van der Waals surface area contributed by atoms with Crippen molar-refractivity contribution in [1.29, 1.82) is 0 Å². The van der Waals surface area contributed by atoms with Gasteiger partial charge in [0.2, 0.25) is 0 Å². The first-order chi connectivity index (χ1) is 12.5. The molecule has 6 heteroatoms. The Bertz CT molecular complexity index is 1030. The summed E-state index contributed by atoms with van der Waals surface area (Å²) < 4.78 is 39.0. The highest BCUT2D eigenvalue weighted by molar-refractivity contribution is 6.04. The summed E-state index contributed by atoms with van der Waals surface area (Å²) in [5, 5.41) is 10.1. The summed E-state index contributed by atoms with van der Waals surface area (Å²) in [5.41, 5.74) is 0.814. The second-order valence-corrected chi connectivity index (χ2v) is 7.42. The maximum atomic E-state index is 13.0. The fraction of sp³-hybridized carbons (Fsp3) is 0.238. The Morgan fingerprint density at radius 3 is 2.26 bits per heavy atom. The Kier molecular flexibility index (Phi) is 4.46. The third-order valence-electron chi connectivity index (χ3n) is 4.39. The van der Waals surface area contributed by atoms with Crippen LogP contribution in [-0.4, -0.2) is 16.1 Å². The molecule has 0 aliphatic rings. The van der Waals surface area contributed by atoms with Gasteiger partial charge in [0.05, 0.1) is 22.3 Å². The fourth-order valence-electron chi connectivity index (χ4n) is 2.87. The lowest BCUT2D eigenvalue weighted by atomic mass is 9.86. The van der Waals surface area contributed by atoms with Crippen molar-refractivity contribution >= 4 is 16.9 Å². The van der Waals surface area contributed by atoms with Gasteiger partial charge in [-0.05, 0) is 41.3 Å². The topological polar surface area (TPSA) is 50.2 Å². The number of aromatic nitrogens is 1. The van der Waals surface area contributed by atoms with Crippen molar-refractivity contribution in [2.75, 3.05) is 0 Å². The molecule has 27 heavy (non-hydrogen) atoms. The van der Waals surface area contributed by atoms with Gasteiger partial charge in [-0.3, -0.25) is 0 Å². The molecule has 0 bridgehead atoms. The molecule has 0 saturated carbocycles. The maximum Gasteiger partial charge on any atom is 0.416 e. The first-order valence-electron chi connectivity index (χ1n) is 8.33. The van der Waals surface area contributed by atoms with Crippen LogP contribution in [0.2, 0.25) is 0 Å². The molecule has 0 radical (unpaired) electrons. The zero-order valence-electron chi connectivity index (χ0n) is 15.1. The van der Waals surface area contributed by atoms with Gasteiger partial charge in [0.15, 0.2) is 0 Å². The molecule has 3 aromatic rings. The van der Waals surface area contributed by atoms with E-state index in [4.69, 9.17) is 0 Å². The van der Waals surface area contributed by atoms with Crippen LogP contribution in [0.4, 0.5) is 13.2 Å². The predicted octanol–water partition coefficient (Wildman–Crippen LogP) is 5.92. The number of pyridine rings is 1. The molecule has 3 nitrogen and oxygen atoms in total. The van der Waals surface area contributed by atoms with E-state index in [1.165, 1.54) is 18.2 Å². The van der Waals surface area contributed by atoms with E-state index in [1.807, 2.05) is 26.8 Å². The minimum atomic E-state index is -4.48. The van der Waals surface area contributed by atoms with E-state index in [2.05, 4.69) is 4.98 Å². The van der Waals surface area contributed by atoms with Gasteiger partial charge in [-0.15, -0.1) is 0 Å². The molecule has 0 unspecified atom stereocenters. The number of hydrogen-bond donors (Lipinski definition) is 1. The van der Waals surface area contributed by atoms with Gasteiger partial charge in [0.25, 0.3) is 0 Å². The molecule has 0 aliphatic carbocycles. The van der Waals surface area contributed by atoms with E-state index in [9.17, 15) is 23.1 Å². The highest BCUT2D eigenvalue weighted by atomic mass is 19.4. The number of hydrogen-bond acceptors (Lipinski definition) is 2. The van der Waals surface area contributed by atoms with Crippen molar-refractivity contribution in [3.8, 4) is 11.3 Å². The van der Waals surface area contributed by atoms with Crippen molar-refractivity contribution in [2.24, 2.45) is 0 Å². The van der Waals surface area contributed by atoms with Crippen LogP contribution in [0.1, 0.15) is 42.3 Å². The van der Waals surface area contributed by atoms with E-state index in [0.29, 0.717) is 10.9 Å². The van der Waals surface area contributed by atoms with Crippen LogP contribution < -0.4 is 0 Å². The van der Waals surface area contributed by atoms with Crippen molar-refractivity contribution in [3.05, 3.63) is 65.2 Å². The number of nitrogens with zero attached hydrogens (tertiary/aromatic N) is 1. The number of carboxylic acids is 1. The van der Waals surface area contributed by atoms with Crippen LogP contribution in [-0.2, 0) is 11.6 Å². The Hall–Kier alpha value is -2.89. The Morgan fingerprint density at radius 2 is 1.67 bits per heavy atom. The summed E-state index contributed by atoms with van der Waals surface area (Å²) in [6, 6.07) is 11.4. The number of fused-ring (bicyclic) bond motifs is 1. The number of aromatic carboxylic acids is 1. The zero-order valence-corrected chi connectivity index (χ0v) is 15.1. The second-order valence-electron chi connectivity index (χ2n) is 7.42. The van der Waals surface area contributed by atoms with Crippen LogP contribution in [0.15, 0.2) is 48.5 Å². The fourth-order valence-corrected chi connectivity index (χ4v) is 2.87. The summed E-state index contributed by atoms with van der Waals surface area (Å²) in [6.45, 7) is 6.04. The average molecular weight is 373 g/mol. The minimum Gasteiger partial charge on any atom is -0.478 e. The number of halogens is 3. The third-order valence-corrected chi connectivity index (χ3v) is 4.39. The molecule has 1 N–H and O–H groups in total. The van der Waals surface area contributed by atoms with Crippen LogP contribution in [0.3, 0.4) is 0 Å². The van der Waals surface area contributed by atoms with E-state index in [1.54, 1.807) is 12.1 Å². The van der Waals surface area contributed by atoms with Crippen LogP contribution >= 0.6 is 0 Å². The van der Waals surface area contributed by atoms with Gasteiger partial charge in [0.1, 0.15) is 0 Å². The van der Waals surface area contributed by atoms with Crippen molar-refractivity contribution < 1.29 is 23.1 Å². The van der Waals surface area contributed by atoms with Gasteiger partial charge < -0.3 is 5.11 Å². The molecule has 1 aromatic heterocycles. The smallest absolute Gasteiger partial charge is 0.416 e. The Morgan fingerprint density at radius 1 is 0.963 bits per heavy atom. The minimum absolute atomic E-state index is 0.0125. The molecule has 0 amide bonds. The first kappa shape index (κ1) is 18.9. The van der Waals surface area contributed by atoms with Crippen LogP contribution in [0.25, 0.3) is 22.2 Å². The van der Waals surface area contributed by atoms with Gasteiger partial charge in [-0.1, -0.05) is 39.0 Å². The lowest BCUT2D eigenvalue weighted by molar-refractivity contribution is -0.137. The molecule has 0 atom stereocenters. The monoisotopic (exact) mass is 373 g/mol. The molecular weight excluding hydrogens is 355 g/mol. The van der Waals surface area contributed by atoms with Gasteiger partial charge in [-0.25, -0.2) is 9.78 Å². The number of benzene rings is 2. The number of alkyl halides is 3. The Balaban J connectivity index is 2.23. The maximum absolute atomic E-state index is 13.0. The highest BCUT2D eigenvalue weighted by Crippen LogP contribution is 2.33. The molecule has 0 spiro atoms. The van der Waals surface area contributed by atoms with Gasteiger partial charge >= 0.3 is 12.1 Å². The molecule has 1 heterocycles. The van der Waals surface area contributed by atoms with E-state index in [0.717, 1.165) is 17.7 Å². The summed E-state index contributed by atoms with van der Waals surface area (Å²) in [6.07, 6.45) is -4.48.